The van der Waals surface area contributed by atoms with Gasteiger partial charge in [0.25, 0.3) is 5.91 Å². The number of benzene rings is 1. The van der Waals surface area contributed by atoms with E-state index in [0.717, 1.165) is 5.56 Å². The summed E-state index contributed by atoms with van der Waals surface area (Å²) in [5.41, 5.74) is 2.07. The number of aliphatic hydroxyl groups excluding tert-OH is 1. The number of aliphatic hydroxyl groups is 1. The monoisotopic (exact) mass is 379 g/mol. The Balaban J connectivity index is 1.63. The molecule has 0 saturated heterocycles. The molecule has 1 aliphatic carbocycles. The van der Waals surface area contributed by atoms with Crippen LogP contribution in [0.1, 0.15) is 34.8 Å². The maximum atomic E-state index is 13.1. The van der Waals surface area contributed by atoms with Crippen LogP contribution in [-0.2, 0) is 0 Å². The van der Waals surface area contributed by atoms with E-state index in [0.29, 0.717) is 29.8 Å². The van der Waals surface area contributed by atoms with Crippen LogP contribution in [0.4, 0.5) is 0 Å². The van der Waals surface area contributed by atoms with Crippen molar-refractivity contribution in [2.75, 3.05) is 7.11 Å². The average Bonchev–Trinajstić information content (AvgIpc) is 3.24. The van der Waals surface area contributed by atoms with Crippen molar-refractivity contribution in [3.8, 4) is 11.4 Å². The highest BCUT2D eigenvalue weighted by atomic mass is 16.5. The zero-order valence-corrected chi connectivity index (χ0v) is 15.4. The number of methoxy groups -OCH3 is 1. The molecule has 0 unspecified atom stereocenters. The molecule has 0 radical (unpaired) electrons. The highest BCUT2D eigenvalue weighted by Gasteiger charge is 2.36. The number of rotatable bonds is 6. The van der Waals surface area contributed by atoms with Crippen LogP contribution in [0.3, 0.4) is 0 Å². The summed E-state index contributed by atoms with van der Waals surface area (Å²) in [6, 6.07) is 8.88. The predicted octanol–water partition coefficient (Wildman–Crippen LogP) is 1.91. The number of aromatic nitrogens is 4. The van der Waals surface area contributed by atoms with Gasteiger partial charge < -0.3 is 15.2 Å². The molecule has 4 rings (SSSR count). The third-order valence-corrected chi connectivity index (χ3v) is 5.08. The van der Waals surface area contributed by atoms with E-state index >= 15 is 0 Å². The van der Waals surface area contributed by atoms with Gasteiger partial charge in [0.15, 0.2) is 0 Å². The second-order valence-corrected chi connectivity index (χ2v) is 6.88. The molecule has 0 spiro atoms. The Morgan fingerprint density at radius 3 is 2.71 bits per heavy atom. The van der Waals surface area contributed by atoms with Crippen LogP contribution >= 0.6 is 0 Å². The highest BCUT2D eigenvalue weighted by Crippen LogP contribution is 2.38. The number of carbonyl (C=O) groups is 1. The Kier molecular flexibility index (Phi) is 5.03. The fourth-order valence-corrected chi connectivity index (χ4v) is 3.53. The summed E-state index contributed by atoms with van der Waals surface area (Å²) in [7, 11) is 1.58. The van der Waals surface area contributed by atoms with Crippen LogP contribution in [0.25, 0.3) is 5.69 Å². The van der Waals surface area contributed by atoms with E-state index in [2.05, 4.69) is 20.5 Å². The lowest BCUT2D eigenvalue weighted by molar-refractivity contribution is 0.0234. The largest absolute Gasteiger partial charge is 0.495 e. The molecule has 1 saturated carbocycles. The summed E-state index contributed by atoms with van der Waals surface area (Å²) in [5, 5.41) is 20.5. The summed E-state index contributed by atoms with van der Waals surface area (Å²) in [5.74, 6) is 0.551. The van der Waals surface area contributed by atoms with Gasteiger partial charge >= 0.3 is 0 Å². The Labute approximate surface area is 162 Å². The SMILES string of the molecule is COc1cncc([C@@H](NC(=O)c2ccccc2-n2cnnc2)C2CC(O)C2)c1. The number of para-hydroxylation sites is 1. The molecule has 8 nitrogen and oxygen atoms in total. The molecule has 1 amide bonds. The van der Waals surface area contributed by atoms with Gasteiger partial charge in [-0.25, -0.2) is 0 Å². The summed E-state index contributed by atoms with van der Waals surface area (Å²) in [4.78, 5) is 17.4. The first-order valence-corrected chi connectivity index (χ1v) is 9.07. The van der Waals surface area contributed by atoms with Gasteiger partial charge in [0, 0.05) is 6.20 Å². The Morgan fingerprint density at radius 2 is 2.00 bits per heavy atom. The van der Waals surface area contributed by atoms with Crippen molar-refractivity contribution in [2.24, 2.45) is 5.92 Å². The number of carbonyl (C=O) groups excluding carboxylic acids is 1. The van der Waals surface area contributed by atoms with Gasteiger partial charge in [-0.3, -0.25) is 14.3 Å². The molecule has 1 atom stereocenters. The van der Waals surface area contributed by atoms with Crippen molar-refractivity contribution in [3.05, 3.63) is 66.5 Å². The number of hydrogen-bond acceptors (Lipinski definition) is 6. The van der Waals surface area contributed by atoms with Crippen LogP contribution in [0, 0.1) is 5.92 Å². The number of amides is 1. The minimum atomic E-state index is -0.327. The summed E-state index contributed by atoms with van der Waals surface area (Å²) >= 11 is 0. The molecule has 1 fully saturated rings. The summed E-state index contributed by atoms with van der Waals surface area (Å²) < 4.78 is 6.97. The second-order valence-electron chi connectivity index (χ2n) is 6.88. The lowest BCUT2D eigenvalue weighted by Gasteiger charge is -2.38. The molecule has 0 aliphatic heterocycles. The lowest BCUT2D eigenvalue weighted by atomic mass is 9.75. The normalized spacial score (nSPS) is 19.5. The molecule has 2 heterocycles. The zero-order chi connectivity index (χ0) is 19.5. The van der Waals surface area contributed by atoms with Gasteiger partial charge in [-0.15, -0.1) is 10.2 Å². The predicted molar refractivity (Wildman–Crippen MR) is 101 cm³/mol. The molecule has 8 heteroatoms. The molecule has 1 aromatic carbocycles. The average molecular weight is 379 g/mol. The highest BCUT2D eigenvalue weighted by molar-refractivity contribution is 5.98. The van der Waals surface area contributed by atoms with Crippen LogP contribution in [-0.4, -0.2) is 44.0 Å². The van der Waals surface area contributed by atoms with Crippen LogP contribution in [0.15, 0.2) is 55.4 Å². The van der Waals surface area contributed by atoms with Crippen LogP contribution < -0.4 is 10.1 Å². The van der Waals surface area contributed by atoms with Gasteiger partial charge in [0.2, 0.25) is 0 Å². The van der Waals surface area contributed by atoms with Gasteiger partial charge in [-0.05, 0) is 42.5 Å². The van der Waals surface area contributed by atoms with Gasteiger partial charge in [-0.1, -0.05) is 12.1 Å². The number of pyridine rings is 1. The van der Waals surface area contributed by atoms with Crippen LogP contribution in [0.2, 0.25) is 0 Å². The van der Waals surface area contributed by atoms with Crippen LogP contribution in [0.5, 0.6) is 5.75 Å². The molecular weight excluding hydrogens is 358 g/mol. The Morgan fingerprint density at radius 1 is 1.25 bits per heavy atom. The first-order valence-electron chi connectivity index (χ1n) is 9.07. The van der Waals surface area contributed by atoms with E-state index in [1.54, 1.807) is 42.8 Å². The van der Waals surface area contributed by atoms with Gasteiger partial charge in [0.05, 0.1) is 36.7 Å². The molecular formula is C20H21N5O3. The fraction of sp³-hybridized carbons (Fsp3) is 0.300. The molecule has 0 bridgehead atoms. The molecule has 2 aromatic heterocycles. The number of nitrogens with zero attached hydrogens (tertiary/aromatic N) is 4. The smallest absolute Gasteiger partial charge is 0.253 e. The van der Waals surface area contributed by atoms with E-state index in [1.165, 1.54) is 0 Å². The maximum Gasteiger partial charge on any atom is 0.253 e. The van der Waals surface area contributed by atoms with Crippen molar-refractivity contribution in [3.63, 3.8) is 0 Å². The third kappa shape index (κ3) is 3.59. The number of ether oxygens (including phenoxy) is 1. The molecule has 3 aromatic rings. The Hall–Kier alpha value is -3.26. The zero-order valence-electron chi connectivity index (χ0n) is 15.4. The second kappa shape index (κ2) is 7.77. The van der Waals surface area contributed by atoms with Crippen molar-refractivity contribution in [2.45, 2.75) is 25.0 Å². The molecule has 2 N–H and O–H groups in total. The van der Waals surface area contributed by atoms with Crippen molar-refractivity contribution in [1.82, 2.24) is 25.1 Å². The fourth-order valence-electron chi connectivity index (χ4n) is 3.53. The summed E-state index contributed by atoms with van der Waals surface area (Å²) in [6.45, 7) is 0. The van der Waals surface area contributed by atoms with Gasteiger partial charge in [-0.2, -0.15) is 0 Å². The first kappa shape index (κ1) is 18.1. The quantitative estimate of drug-likeness (QED) is 0.678. The molecule has 1 aliphatic rings. The van der Waals surface area contributed by atoms with E-state index in [9.17, 15) is 9.90 Å². The van der Waals surface area contributed by atoms with E-state index in [-0.39, 0.29) is 24.0 Å². The topological polar surface area (TPSA) is 102 Å². The van der Waals surface area contributed by atoms with Gasteiger partial charge in [0.1, 0.15) is 18.4 Å². The van der Waals surface area contributed by atoms with E-state index in [4.69, 9.17) is 4.74 Å². The third-order valence-electron chi connectivity index (χ3n) is 5.08. The first-order chi connectivity index (χ1) is 13.7. The number of nitrogens with one attached hydrogen (secondary N) is 1. The van der Waals surface area contributed by atoms with Crippen molar-refractivity contribution in [1.29, 1.82) is 0 Å². The summed E-state index contributed by atoms with van der Waals surface area (Å²) in [6.07, 6.45) is 7.40. The minimum Gasteiger partial charge on any atom is -0.495 e. The standard InChI is InChI=1S/C20H21N5O3/c1-28-16-8-14(9-21-10-16)19(13-6-15(26)7-13)24-20(27)17-4-2-3-5-18(17)25-11-22-23-12-25/h2-5,8-13,15,19,26H,6-7H2,1H3,(H,24,27)/t13?,15?,19-/m0/s1. The number of hydrogen-bond donors (Lipinski definition) is 2. The molecule has 144 valence electrons. The lowest BCUT2D eigenvalue weighted by Crippen LogP contribution is -2.41. The minimum absolute atomic E-state index is 0.134. The van der Waals surface area contributed by atoms with E-state index < -0.39 is 0 Å². The maximum absolute atomic E-state index is 13.1. The molecule has 28 heavy (non-hydrogen) atoms. The Bertz CT molecular complexity index is 954. The van der Waals surface area contributed by atoms with Crippen molar-refractivity contribution >= 4 is 5.91 Å². The van der Waals surface area contributed by atoms with E-state index in [1.807, 2.05) is 24.3 Å². The van der Waals surface area contributed by atoms with Crippen molar-refractivity contribution < 1.29 is 14.6 Å².